The molecule has 0 saturated carbocycles. The number of aromatic nitrogens is 6. The summed E-state index contributed by atoms with van der Waals surface area (Å²) >= 11 is 0. The van der Waals surface area contributed by atoms with Gasteiger partial charge >= 0.3 is 0 Å². The van der Waals surface area contributed by atoms with Crippen LogP contribution >= 0.6 is 0 Å². The first kappa shape index (κ1) is 12.7. The van der Waals surface area contributed by atoms with Gasteiger partial charge in [-0.25, -0.2) is 4.68 Å². The summed E-state index contributed by atoms with van der Waals surface area (Å²) in [6.07, 6.45) is 4.94. The summed E-state index contributed by atoms with van der Waals surface area (Å²) in [5.74, 6) is -0.112. The van der Waals surface area contributed by atoms with Crippen LogP contribution in [0.1, 0.15) is 16.5 Å². The Morgan fingerprint density at radius 2 is 2.00 bits per heavy atom. The number of likely N-dealkylation sites (tertiary alicyclic amines) is 1. The zero-order chi connectivity index (χ0) is 14.9. The number of carbonyl (C=O) groups excluding carboxylic acids is 1. The molecule has 0 radical (unpaired) electrons. The number of para-hydroxylation sites is 1. The van der Waals surface area contributed by atoms with Crippen molar-refractivity contribution in [1.82, 2.24) is 34.9 Å². The van der Waals surface area contributed by atoms with Gasteiger partial charge in [0.05, 0.1) is 24.1 Å². The quantitative estimate of drug-likeness (QED) is 0.705. The van der Waals surface area contributed by atoms with Crippen molar-refractivity contribution in [2.75, 3.05) is 13.1 Å². The van der Waals surface area contributed by atoms with E-state index in [0.29, 0.717) is 18.8 Å². The highest BCUT2D eigenvalue weighted by Crippen LogP contribution is 2.21. The first-order chi connectivity index (χ1) is 10.8. The minimum atomic E-state index is -0.112. The number of hydrogen-bond donors (Lipinski definition) is 0. The van der Waals surface area contributed by atoms with Crippen LogP contribution in [0, 0.1) is 0 Å². The summed E-state index contributed by atoms with van der Waals surface area (Å²) in [7, 11) is 0. The molecule has 3 aromatic rings. The monoisotopic (exact) mass is 295 g/mol. The molecule has 1 saturated heterocycles. The summed E-state index contributed by atoms with van der Waals surface area (Å²) in [5.41, 5.74) is 1.17. The third kappa shape index (κ3) is 2.14. The predicted molar refractivity (Wildman–Crippen MR) is 76.3 cm³/mol. The molecule has 0 aliphatic carbocycles. The first-order valence-electron chi connectivity index (χ1n) is 6.94. The summed E-state index contributed by atoms with van der Waals surface area (Å²) in [6, 6.07) is 9.69. The molecule has 0 bridgehead atoms. The second-order valence-electron chi connectivity index (χ2n) is 5.10. The van der Waals surface area contributed by atoms with E-state index < -0.39 is 0 Å². The van der Waals surface area contributed by atoms with Gasteiger partial charge in [-0.1, -0.05) is 23.4 Å². The molecule has 8 heteroatoms. The molecule has 110 valence electrons. The molecule has 3 heterocycles. The van der Waals surface area contributed by atoms with Crippen molar-refractivity contribution in [2.24, 2.45) is 0 Å². The summed E-state index contributed by atoms with van der Waals surface area (Å²) in [6.45, 7) is 1.22. The molecule has 0 unspecified atom stereocenters. The Bertz CT molecular complexity index is 775. The third-order valence-corrected chi connectivity index (χ3v) is 3.66. The first-order valence-corrected chi connectivity index (χ1v) is 6.94. The predicted octanol–water partition coefficient (Wildman–Crippen LogP) is 0.556. The van der Waals surface area contributed by atoms with Gasteiger partial charge < -0.3 is 4.90 Å². The van der Waals surface area contributed by atoms with Gasteiger partial charge in [0.15, 0.2) is 5.69 Å². The molecule has 0 atom stereocenters. The molecule has 2 aromatic heterocycles. The highest BCUT2D eigenvalue weighted by molar-refractivity contribution is 5.92. The van der Waals surface area contributed by atoms with Crippen LogP contribution in [0.5, 0.6) is 0 Å². The lowest BCUT2D eigenvalue weighted by Gasteiger charge is -2.38. The molecule has 1 fully saturated rings. The minimum Gasteiger partial charge on any atom is -0.333 e. The van der Waals surface area contributed by atoms with Crippen molar-refractivity contribution < 1.29 is 4.79 Å². The Kier molecular flexibility index (Phi) is 2.92. The van der Waals surface area contributed by atoms with Crippen LogP contribution in [0.3, 0.4) is 0 Å². The van der Waals surface area contributed by atoms with Gasteiger partial charge in [-0.15, -0.1) is 10.2 Å². The van der Waals surface area contributed by atoms with E-state index in [1.807, 2.05) is 30.3 Å². The number of rotatable bonds is 3. The lowest BCUT2D eigenvalue weighted by Crippen LogP contribution is -2.51. The van der Waals surface area contributed by atoms with E-state index in [0.717, 1.165) is 5.69 Å². The van der Waals surface area contributed by atoms with Gasteiger partial charge in [0.2, 0.25) is 0 Å². The SMILES string of the molecule is O=C(c1cnn(-c2ccccc2)n1)N1CC(n2ccnn2)C1. The molecular weight excluding hydrogens is 282 g/mol. The van der Waals surface area contributed by atoms with Gasteiger partial charge in [-0.2, -0.15) is 9.90 Å². The van der Waals surface area contributed by atoms with E-state index in [1.54, 1.807) is 22.0 Å². The maximum atomic E-state index is 12.4. The third-order valence-electron chi connectivity index (χ3n) is 3.66. The smallest absolute Gasteiger partial charge is 0.276 e. The van der Waals surface area contributed by atoms with Gasteiger partial charge in [-0.05, 0) is 12.1 Å². The maximum absolute atomic E-state index is 12.4. The second kappa shape index (κ2) is 5.06. The van der Waals surface area contributed by atoms with E-state index in [4.69, 9.17) is 0 Å². The van der Waals surface area contributed by atoms with E-state index >= 15 is 0 Å². The topological polar surface area (TPSA) is 81.7 Å². The molecule has 1 aromatic carbocycles. The van der Waals surface area contributed by atoms with Gasteiger partial charge in [0, 0.05) is 19.3 Å². The van der Waals surface area contributed by atoms with E-state index in [-0.39, 0.29) is 11.9 Å². The Morgan fingerprint density at radius 3 is 2.73 bits per heavy atom. The Labute approximate surface area is 126 Å². The average Bonchev–Trinajstić information content (AvgIpc) is 3.18. The van der Waals surface area contributed by atoms with Gasteiger partial charge in [0.25, 0.3) is 5.91 Å². The van der Waals surface area contributed by atoms with E-state index in [9.17, 15) is 4.79 Å². The molecule has 8 nitrogen and oxygen atoms in total. The number of benzene rings is 1. The van der Waals surface area contributed by atoms with Gasteiger partial charge in [-0.3, -0.25) is 4.79 Å². The van der Waals surface area contributed by atoms with Crippen LogP contribution in [0.4, 0.5) is 0 Å². The fraction of sp³-hybridized carbons (Fsp3) is 0.214. The molecule has 1 aliphatic heterocycles. The highest BCUT2D eigenvalue weighted by atomic mass is 16.2. The minimum absolute atomic E-state index is 0.112. The van der Waals surface area contributed by atoms with Crippen molar-refractivity contribution in [3.05, 3.63) is 54.6 Å². The van der Waals surface area contributed by atoms with Crippen molar-refractivity contribution in [2.45, 2.75) is 6.04 Å². The van der Waals surface area contributed by atoms with Crippen LogP contribution in [-0.2, 0) is 0 Å². The fourth-order valence-electron chi connectivity index (χ4n) is 2.41. The van der Waals surface area contributed by atoms with Crippen LogP contribution in [0.15, 0.2) is 48.9 Å². The Hall–Kier alpha value is -3.03. The lowest BCUT2D eigenvalue weighted by atomic mass is 10.1. The van der Waals surface area contributed by atoms with Crippen LogP contribution in [0.2, 0.25) is 0 Å². The molecule has 0 N–H and O–H groups in total. The van der Waals surface area contributed by atoms with Crippen LogP contribution in [0.25, 0.3) is 5.69 Å². The maximum Gasteiger partial charge on any atom is 0.276 e. The zero-order valence-corrected chi connectivity index (χ0v) is 11.6. The zero-order valence-electron chi connectivity index (χ0n) is 11.6. The van der Waals surface area contributed by atoms with E-state index in [2.05, 4.69) is 20.5 Å². The van der Waals surface area contributed by atoms with Crippen molar-refractivity contribution in [3.63, 3.8) is 0 Å². The molecule has 22 heavy (non-hydrogen) atoms. The van der Waals surface area contributed by atoms with Crippen molar-refractivity contribution >= 4 is 5.91 Å². The number of nitrogens with zero attached hydrogens (tertiary/aromatic N) is 7. The highest BCUT2D eigenvalue weighted by Gasteiger charge is 2.34. The summed E-state index contributed by atoms with van der Waals surface area (Å²) < 4.78 is 1.77. The number of hydrogen-bond acceptors (Lipinski definition) is 5. The molecule has 1 amide bonds. The van der Waals surface area contributed by atoms with Crippen molar-refractivity contribution in [1.29, 1.82) is 0 Å². The van der Waals surface area contributed by atoms with Gasteiger partial charge in [0.1, 0.15) is 0 Å². The average molecular weight is 295 g/mol. The second-order valence-corrected chi connectivity index (χ2v) is 5.10. The Morgan fingerprint density at radius 1 is 1.18 bits per heavy atom. The molecule has 0 spiro atoms. The van der Waals surface area contributed by atoms with Crippen molar-refractivity contribution in [3.8, 4) is 5.69 Å². The number of carbonyl (C=O) groups is 1. The summed E-state index contributed by atoms with van der Waals surface area (Å²) in [4.78, 5) is 15.5. The molecular formula is C14H13N7O. The van der Waals surface area contributed by atoms with Crippen LogP contribution < -0.4 is 0 Å². The Balaban J connectivity index is 1.45. The molecule has 1 aliphatic rings. The summed E-state index contributed by atoms with van der Waals surface area (Å²) in [5, 5.41) is 16.1. The van der Waals surface area contributed by atoms with Crippen LogP contribution in [-0.4, -0.2) is 53.9 Å². The largest absolute Gasteiger partial charge is 0.333 e. The normalized spacial score (nSPS) is 14.8. The number of amides is 1. The lowest BCUT2D eigenvalue weighted by molar-refractivity contribution is 0.0492. The fourth-order valence-corrected chi connectivity index (χ4v) is 2.41. The van der Waals surface area contributed by atoms with E-state index in [1.165, 1.54) is 11.0 Å². The standard InChI is InChI=1S/C14H13N7O/c22-14(19-9-12(10-19)20-7-6-15-18-20)13-8-16-21(17-13)11-4-2-1-3-5-11/h1-8,12H,9-10H2. The molecule has 4 rings (SSSR count).